The van der Waals surface area contributed by atoms with Gasteiger partial charge in [0.05, 0.1) is 12.1 Å². The lowest BCUT2D eigenvalue weighted by Gasteiger charge is -2.48. The molecule has 2 amide bonds. The number of hydrogen-bond donors (Lipinski definition) is 1. The van der Waals surface area contributed by atoms with Gasteiger partial charge in [0.15, 0.2) is 17.2 Å². The number of benzene rings is 3. The number of piperazine rings is 1. The topological polar surface area (TPSA) is 80.3 Å². The first-order valence-corrected chi connectivity index (χ1v) is 19.0. The quantitative estimate of drug-likeness (QED) is 0.145. The number of carbonyl (C=O) groups excluding carboxylic acids is 2. The van der Waals surface area contributed by atoms with Gasteiger partial charge in [-0.05, 0) is 98.7 Å². The molecule has 2 bridgehead atoms. The van der Waals surface area contributed by atoms with Crippen LogP contribution in [0.3, 0.4) is 0 Å². The lowest BCUT2D eigenvalue weighted by Crippen LogP contribution is -2.64. The highest BCUT2D eigenvalue weighted by atomic mass is 79.9. The van der Waals surface area contributed by atoms with Crippen molar-refractivity contribution in [1.29, 1.82) is 0 Å². The molecule has 0 aromatic heterocycles. The maximum absolute atomic E-state index is 14.8. The highest BCUT2D eigenvalue weighted by Gasteiger charge is 2.50. The van der Waals surface area contributed by atoms with E-state index in [0.29, 0.717) is 37.5 Å². The lowest BCUT2D eigenvalue weighted by atomic mass is 9.82. The largest absolute Gasteiger partial charge is 0.490 e. The zero-order chi connectivity index (χ0) is 37.2. The Bertz CT molecular complexity index is 1810. The number of rotatable bonds is 12. The number of fused-ring (bicyclic) bond motifs is 2. The van der Waals surface area contributed by atoms with Crippen LogP contribution in [0.15, 0.2) is 76.8 Å². The Morgan fingerprint density at radius 1 is 0.943 bits per heavy atom. The van der Waals surface area contributed by atoms with E-state index in [0.717, 1.165) is 40.3 Å². The smallest absolute Gasteiger partial charge is 0.411 e. The van der Waals surface area contributed by atoms with E-state index in [-0.39, 0.29) is 55.5 Å². The highest BCUT2D eigenvalue weighted by Crippen LogP contribution is 2.43. The normalized spacial score (nSPS) is 18.6. The minimum absolute atomic E-state index is 0. The van der Waals surface area contributed by atoms with E-state index in [1.807, 2.05) is 48.5 Å². The number of carbonyl (C=O) groups is 2. The van der Waals surface area contributed by atoms with Crippen molar-refractivity contribution < 1.29 is 32.6 Å². The van der Waals surface area contributed by atoms with Crippen LogP contribution in [0, 0.1) is 11.6 Å². The van der Waals surface area contributed by atoms with Gasteiger partial charge in [0.25, 0.3) is 5.91 Å². The van der Waals surface area contributed by atoms with Gasteiger partial charge in [0.1, 0.15) is 24.7 Å². The SMILES string of the molecule is CC(C)(OC(=O)N1C2CNC[C@@H]1C(C(=O)N(CCc1cccc(F)c1F)C1CC1)=C(c1ccc(OCCOc3ccc(Br)cc3)cc1)C2)C(Cl)(Cl)Cl.Cl. The van der Waals surface area contributed by atoms with Gasteiger partial charge in [-0.3, -0.25) is 9.69 Å². The summed E-state index contributed by atoms with van der Waals surface area (Å²) in [4.78, 5) is 32.0. The monoisotopic (exact) mass is 875 g/mol. The van der Waals surface area contributed by atoms with Gasteiger partial charge in [-0.15, -0.1) is 12.4 Å². The molecule has 53 heavy (non-hydrogen) atoms. The molecule has 1 N–H and O–H groups in total. The van der Waals surface area contributed by atoms with Gasteiger partial charge >= 0.3 is 6.09 Å². The summed E-state index contributed by atoms with van der Waals surface area (Å²) in [6.45, 7) is 4.60. The maximum Gasteiger partial charge on any atom is 0.411 e. The summed E-state index contributed by atoms with van der Waals surface area (Å²) in [7, 11) is 0. The summed E-state index contributed by atoms with van der Waals surface area (Å²) in [5.74, 6) is -0.765. The average molecular weight is 878 g/mol. The Kier molecular flexibility index (Phi) is 13.5. The molecule has 2 fully saturated rings. The van der Waals surface area contributed by atoms with E-state index in [2.05, 4.69) is 21.2 Å². The van der Waals surface area contributed by atoms with Crippen LogP contribution in [-0.2, 0) is 16.0 Å². The summed E-state index contributed by atoms with van der Waals surface area (Å²) < 4.78 is 45.3. The zero-order valence-electron chi connectivity index (χ0n) is 29.1. The van der Waals surface area contributed by atoms with Crippen molar-refractivity contribution >= 4 is 80.7 Å². The van der Waals surface area contributed by atoms with Crippen LogP contribution in [0.25, 0.3) is 5.57 Å². The Balaban J connectivity index is 0.00000541. The molecule has 1 saturated heterocycles. The third kappa shape index (κ3) is 9.72. The molecule has 2 aliphatic heterocycles. The van der Waals surface area contributed by atoms with E-state index >= 15 is 0 Å². The first-order valence-electron chi connectivity index (χ1n) is 17.1. The Morgan fingerprint density at radius 3 is 2.17 bits per heavy atom. The molecule has 1 saturated carbocycles. The van der Waals surface area contributed by atoms with Gasteiger partial charge in [0, 0.05) is 35.7 Å². The molecule has 2 atom stereocenters. The molecule has 1 aliphatic carbocycles. The fraction of sp³-hybridized carbons (Fsp3) is 0.421. The molecule has 8 nitrogen and oxygen atoms in total. The van der Waals surface area contributed by atoms with Crippen molar-refractivity contribution in [3.05, 3.63) is 99.5 Å². The van der Waals surface area contributed by atoms with Crippen molar-refractivity contribution in [2.45, 2.75) is 67.0 Å². The van der Waals surface area contributed by atoms with Crippen molar-refractivity contribution in [2.75, 3.05) is 32.8 Å². The van der Waals surface area contributed by atoms with Gasteiger partial charge in [-0.1, -0.05) is 75.0 Å². The van der Waals surface area contributed by atoms with Crippen LogP contribution in [0.1, 0.15) is 44.2 Å². The molecule has 2 heterocycles. The van der Waals surface area contributed by atoms with Crippen LogP contribution < -0.4 is 14.8 Å². The molecule has 3 aromatic rings. The van der Waals surface area contributed by atoms with Crippen LogP contribution in [0.5, 0.6) is 11.5 Å². The number of alkyl halides is 3. The molecule has 3 aromatic carbocycles. The number of ether oxygens (including phenoxy) is 3. The Morgan fingerprint density at radius 2 is 1.57 bits per heavy atom. The van der Waals surface area contributed by atoms with E-state index in [1.165, 1.54) is 26.0 Å². The molecule has 0 spiro atoms. The molecule has 15 heteroatoms. The van der Waals surface area contributed by atoms with Crippen molar-refractivity contribution in [3.8, 4) is 11.5 Å². The molecule has 1 unspecified atom stereocenters. The molecular weight excluding hydrogens is 838 g/mol. The van der Waals surface area contributed by atoms with Crippen molar-refractivity contribution in [2.24, 2.45) is 0 Å². The van der Waals surface area contributed by atoms with Gasteiger partial charge in [-0.25, -0.2) is 13.6 Å². The average Bonchev–Trinajstić information content (AvgIpc) is 3.94. The number of nitrogens with zero attached hydrogens (tertiary/aromatic N) is 2. The zero-order valence-corrected chi connectivity index (χ0v) is 33.7. The second-order valence-electron chi connectivity index (χ2n) is 13.6. The van der Waals surface area contributed by atoms with Crippen LogP contribution in [0.4, 0.5) is 13.6 Å². The molecule has 0 radical (unpaired) electrons. The lowest BCUT2D eigenvalue weighted by molar-refractivity contribution is -0.128. The van der Waals surface area contributed by atoms with E-state index in [9.17, 15) is 18.4 Å². The minimum Gasteiger partial charge on any atom is -0.490 e. The van der Waals surface area contributed by atoms with Crippen LogP contribution in [-0.4, -0.2) is 82.2 Å². The summed E-state index contributed by atoms with van der Waals surface area (Å²) in [6, 6.07) is 17.9. The second-order valence-corrected chi connectivity index (χ2v) is 16.8. The second kappa shape index (κ2) is 17.3. The van der Waals surface area contributed by atoms with Gasteiger partial charge in [-0.2, -0.15) is 0 Å². The Hall–Kier alpha value is -2.80. The fourth-order valence-corrected chi connectivity index (χ4v) is 6.90. The van der Waals surface area contributed by atoms with E-state index < -0.39 is 33.2 Å². The number of halogens is 7. The van der Waals surface area contributed by atoms with Crippen LogP contribution in [0.2, 0.25) is 0 Å². The van der Waals surface area contributed by atoms with Crippen LogP contribution >= 0.6 is 63.1 Å². The Labute approximate surface area is 337 Å². The van der Waals surface area contributed by atoms with Crippen molar-refractivity contribution in [3.63, 3.8) is 0 Å². The molecule has 6 rings (SSSR count). The van der Waals surface area contributed by atoms with Gasteiger partial charge in [0.2, 0.25) is 3.79 Å². The highest BCUT2D eigenvalue weighted by molar-refractivity contribution is 9.10. The first kappa shape index (κ1) is 41.4. The maximum atomic E-state index is 14.8. The van der Waals surface area contributed by atoms with E-state index in [1.54, 1.807) is 9.80 Å². The predicted molar refractivity (Wildman–Crippen MR) is 208 cm³/mol. The predicted octanol–water partition coefficient (Wildman–Crippen LogP) is 8.93. The first-order chi connectivity index (χ1) is 24.7. The molecular formula is C38H40BrCl4F2N3O5. The minimum atomic E-state index is -1.91. The molecule has 286 valence electrons. The summed E-state index contributed by atoms with van der Waals surface area (Å²) in [5, 5.41) is 3.37. The third-order valence-electron chi connectivity index (χ3n) is 9.55. The van der Waals surface area contributed by atoms with Crippen molar-refractivity contribution in [1.82, 2.24) is 15.1 Å². The number of hydrogen-bond acceptors (Lipinski definition) is 6. The fourth-order valence-electron chi connectivity index (χ4n) is 6.52. The number of nitrogens with one attached hydrogen (secondary N) is 1. The summed E-state index contributed by atoms with van der Waals surface area (Å²) in [5.41, 5.74) is 0.737. The summed E-state index contributed by atoms with van der Waals surface area (Å²) in [6.07, 6.45) is 1.33. The third-order valence-corrected chi connectivity index (χ3v) is 11.4. The van der Waals surface area contributed by atoms with Gasteiger partial charge < -0.3 is 24.4 Å². The summed E-state index contributed by atoms with van der Waals surface area (Å²) >= 11 is 21.9. The molecule has 3 aliphatic rings. The number of amides is 2. The van der Waals surface area contributed by atoms with E-state index in [4.69, 9.17) is 49.0 Å². The standard InChI is InChI=1S/C38H39BrCl3F2N3O5.ClH/c1-37(2,38(40,41)42)52-36(49)47-27-20-30(23-6-12-28(13-7-23)50-18-19-51-29-14-8-25(39)9-15-29)33(32(47)22-45-21-27)35(48)46(26-10-11-26)17-16-24-4-3-5-31(43)34(24)44;/h3-9,12-15,26-27,32,45H,10-11,16-22H2,1-2H3;1H/t27?,32-;/m1./s1.